The van der Waals surface area contributed by atoms with E-state index in [0.29, 0.717) is 24.1 Å². The molecule has 6 heteroatoms. The Morgan fingerprint density at radius 3 is 2.82 bits per heavy atom. The highest BCUT2D eigenvalue weighted by molar-refractivity contribution is 5.93. The fraction of sp³-hybridized carbons (Fsp3) is 0.188. The molecule has 0 bridgehead atoms. The van der Waals surface area contributed by atoms with Gasteiger partial charge in [-0.1, -0.05) is 6.07 Å². The second-order valence-corrected chi connectivity index (χ2v) is 4.97. The van der Waals surface area contributed by atoms with Crippen LogP contribution in [-0.4, -0.2) is 22.0 Å². The van der Waals surface area contributed by atoms with Crippen molar-refractivity contribution >= 4 is 17.0 Å². The molecule has 0 aliphatic carbocycles. The van der Waals surface area contributed by atoms with Crippen molar-refractivity contribution in [2.75, 3.05) is 6.54 Å². The maximum atomic E-state index is 11.9. The second kappa shape index (κ2) is 5.85. The molecule has 0 saturated heterocycles. The fourth-order valence-electron chi connectivity index (χ4n) is 2.25. The van der Waals surface area contributed by atoms with Crippen molar-refractivity contribution < 1.29 is 9.21 Å². The van der Waals surface area contributed by atoms with E-state index < -0.39 is 0 Å². The van der Waals surface area contributed by atoms with Crippen LogP contribution in [0.1, 0.15) is 15.9 Å². The number of rotatable bonds is 4. The lowest BCUT2D eigenvalue weighted by Crippen LogP contribution is -2.25. The minimum absolute atomic E-state index is 0.126. The van der Waals surface area contributed by atoms with Gasteiger partial charge in [-0.3, -0.25) is 14.3 Å². The van der Waals surface area contributed by atoms with Crippen LogP contribution in [0.15, 0.2) is 51.9 Å². The number of amides is 1. The zero-order valence-electron chi connectivity index (χ0n) is 12.1. The molecule has 1 aromatic carbocycles. The number of benzene rings is 1. The lowest BCUT2D eigenvalue weighted by molar-refractivity contribution is 0.0954. The fourth-order valence-corrected chi connectivity index (χ4v) is 2.25. The molecular weight excluding hydrogens is 282 g/mol. The van der Waals surface area contributed by atoms with Crippen molar-refractivity contribution in [2.24, 2.45) is 7.05 Å². The Labute approximate surface area is 126 Å². The summed E-state index contributed by atoms with van der Waals surface area (Å²) < 4.78 is 6.55. The van der Waals surface area contributed by atoms with E-state index in [1.807, 2.05) is 12.1 Å². The van der Waals surface area contributed by atoms with Gasteiger partial charge in [0.15, 0.2) is 5.58 Å². The summed E-state index contributed by atoms with van der Waals surface area (Å²) in [7, 11) is 1.67. The number of hydrogen-bond acceptors (Lipinski definition) is 4. The minimum atomic E-state index is -0.377. The van der Waals surface area contributed by atoms with Crippen molar-refractivity contribution in [1.82, 2.24) is 14.9 Å². The Morgan fingerprint density at radius 1 is 1.27 bits per heavy atom. The van der Waals surface area contributed by atoms with Crippen LogP contribution in [-0.2, 0) is 13.5 Å². The van der Waals surface area contributed by atoms with Crippen molar-refractivity contribution in [3.05, 3.63) is 64.4 Å². The molecule has 6 nitrogen and oxygen atoms in total. The smallest absolute Gasteiger partial charge is 0.408 e. The maximum absolute atomic E-state index is 11.9. The third kappa shape index (κ3) is 2.76. The Balaban J connectivity index is 1.66. The van der Waals surface area contributed by atoms with Gasteiger partial charge in [0.05, 0.1) is 5.52 Å². The number of nitrogens with zero attached hydrogens (tertiary/aromatic N) is 2. The standard InChI is InChI=1S/C16H15N3O3/c1-19-13-10-11(2-3-14(13)22-16(19)21)4-9-18-15(20)12-5-7-17-8-6-12/h2-3,5-8,10H,4,9H2,1H3,(H,18,20). The lowest BCUT2D eigenvalue weighted by Gasteiger charge is -2.05. The monoisotopic (exact) mass is 297 g/mol. The molecule has 0 aliphatic rings. The topological polar surface area (TPSA) is 77.1 Å². The number of hydrogen-bond donors (Lipinski definition) is 1. The third-order valence-electron chi connectivity index (χ3n) is 3.50. The number of aromatic nitrogens is 2. The molecule has 2 aromatic heterocycles. The van der Waals surface area contributed by atoms with Gasteiger partial charge in [-0.15, -0.1) is 0 Å². The molecule has 2 heterocycles. The van der Waals surface area contributed by atoms with Gasteiger partial charge in [-0.2, -0.15) is 0 Å². The molecule has 0 spiro atoms. The van der Waals surface area contributed by atoms with Crippen LogP contribution >= 0.6 is 0 Å². The SMILES string of the molecule is Cn1c(=O)oc2ccc(CCNC(=O)c3ccncc3)cc21. The summed E-state index contributed by atoms with van der Waals surface area (Å²) in [5, 5.41) is 2.86. The van der Waals surface area contributed by atoms with Crippen LogP contribution in [0.2, 0.25) is 0 Å². The molecule has 0 radical (unpaired) electrons. The molecule has 1 amide bonds. The average molecular weight is 297 g/mol. The molecule has 1 N–H and O–H groups in total. The van der Waals surface area contributed by atoms with Gasteiger partial charge in [0, 0.05) is 31.5 Å². The van der Waals surface area contributed by atoms with Gasteiger partial charge >= 0.3 is 5.76 Å². The predicted octanol–water partition coefficient (Wildman–Crippen LogP) is 1.50. The summed E-state index contributed by atoms with van der Waals surface area (Å²) in [6, 6.07) is 8.91. The summed E-state index contributed by atoms with van der Waals surface area (Å²) in [5.74, 6) is -0.502. The largest absolute Gasteiger partial charge is 0.419 e. The first-order chi connectivity index (χ1) is 10.6. The number of oxazole rings is 1. The van der Waals surface area contributed by atoms with Crippen molar-refractivity contribution in [1.29, 1.82) is 0 Å². The number of aryl methyl sites for hydroxylation is 1. The lowest BCUT2D eigenvalue weighted by atomic mass is 10.1. The summed E-state index contributed by atoms with van der Waals surface area (Å²) in [4.78, 5) is 27.2. The van der Waals surface area contributed by atoms with Gasteiger partial charge in [-0.25, -0.2) is 4.79 Å². The molecule has 112 valence electrons. The van der Waals surface area contributed by atoms with Crippen LogP contribution < -0.4 is 11.1 Å². The Bertz CT molecular complexity index is 865. The van der Waals surface area contributed by atoms with E-state index >= 15 is 0 Å². The summed E-state index contributed by atoms with van der Waals surface area (Å²) >= 11 is 0. The van der Waals surface area contributed by atoms with E-state index in [0.717, 1.165) is 11.1 Å². The Hall–Kier alpha value is -2.89. The number of carbonyl (C=O) groups is 1. The summed E-state index contributed by atoms with van der Waals surface area (Å²) in [6.07, 6.45) is 3.84. The number of pyridine rings is 1. The van der Waals surface area contributed by atoms with E-state index in [9.17, 15) is 9.59 Å². The molecule has 3 rings (SSSR count). The number of carbonyl (C=O) groups excluding carboxylic acids is 1. The van der Waals surface area contributed by atoms with E-state index in [2.05, 4.69) is 10.3 Å². The second-order valence-electron chi connectivity index (χ2n) is 4.97. The van der Waals surface area contributed by atoms with E-state index in [1.165, 1.54) is 4.57 Å². The first kappa shape index (κ1) is 14.1. The molecule has 22 heavy (non-hydrogen) atoms. The van der Waals surface area contributed by atoms with Crippen LogP contribution in [0.4, 0.5) is 0 Å². The zero-order valence-corrected chi connectivity index (χ0v) is 12.1. The maximum Gasteiger partial charge on any atom is 0.419 e. The normalized spacial score (nSPS) is 10.8. The van der Waals surface area contributed by atoms with E-state index in [4.69, 9.17) is 4.42 Å². The van der Waals surface area contributed by atoms with Crippen LogP contribution in [0.3, 0.4) is 0 Å². The van der Waals surface area contributed by atoms with Gasteiger partial charge in [-0.05, 0) is 36.2 Å². The quantitative estimate of drug-likeness (QED) is 0.791. The van der Waals surface area contributed by atoms with Crippen molar-refractivity contribution in [2.45, 2.75) is 6.42 Å². The zero-order chi connectivity index (χ0) is 15.5. The van der Waals surface area contributed by atoms with E-state index in [1.54, 1.807) is 37.6 Å². The first-order valence-corrected chi connectivity index (χ1v) is 6.92. The highest BCUT2D eigenvalue weighted by atomic mass is 16.4. The first-order valence-electron chi connectivity index (χ1n) is 6.92. The molecule has 0 saturated carbocycles. The third-order valence-corrected chi connectivity index (χ3v) is 3.50. The number of fused-ring (bicyclic) bond motifs is 1. The van der Waals surface area contributed by atoms with Crippen molar-refractivity contribution in [3.63, 3.8) is 0 Å². The molecule has 0 unspecified atom stereocenters. The van der Waals surface area contributed by atoms with Crippen LogP contribution in [0, 0.1) is 0 Å². The number of nitrogens with one attached hydrogen (secondary N) is 1. The summed E-state index contributed by atoms with van der Waals surface area (Å²) in [6.45, 7) is 0.512. The predicted molar refractivity (Wildman–Crippen MR) is 81.7 cm³/mol. The van der Waals surface area contributed by atoms with E-state index in [-0.39, 0.29) is 11.7 Å². The van der Waals surface area contributed by atoms with Gasteiger partial charge in [0.2, 0.25) is 0 Å². The average Bonchev–Trinajstić information content (AvgIpc) is 2.83. The van der Waals surface area contributed by atoms with Crippen LogP contribution in [0.5, 0.6) is 0 Å². The van der Waals surface area contributed by atoms with Gasteiger partial charge in [0.1, 0.15) is 0 Å². The molecule has 0 aliphatic heterocycles. The molecule has 0 atom stereocenters. The molecule has 0 fully saturated rings. The minimum Gasteiger partial charge on any atom is -0.408 e. The molecular formula is C16H15N3O3. The highest BCUT2D eigenvalue weighted by Gasteiger charge is 2.07. The van der Waals surface area contributed by atoms with Crippen molar-refractivity contribution in [3.8, 4) is 0 Å². The van der Waals surface area contributed by atoms with Gasteiger partial charge in [0.25, 0.3) is 5.91 Å². The molecule has 3 aromatic rings. The Morgan fingerprint density at radius 2 is 2.05 bits per heavy atom. The summed E-state index contributed by atoms with van der Waals surface area (Å²) in [5.41, 5.74) is 2.93. The Kier molecular flexibility index (Phi) is 3.74. The highest BCUT2D eigenvalue weighted by Crippen LogP contribution is 2.14. The van der Waals surface area contributed by atoms with Crippen LogP contribution in [0.25, 0.3) is 11.1 Å². The van der Waals surface area contributed by atoms with Gasteiger partial charge < -0.3 is 9.73 Å².